The molecule has 0 aromatic heterocycles. The second kappa shape index (κ2) is 4.14. The van der Waals surface area contributed by atoms with Crippen molar-refractivity contribution in [3.05, 3.63) is 33.3 Å². The van der Waals surface area contributed by atoms with Crippen LogP contribution in [0.25, 0.3) is 0 Å². The number of carbonyl (C=O) groups excluding carboxylic acids is 2. The number of halogens is 1. The molecule has 2 amide bonds. The Morgan fingerprint density at radius 2 is 1.82 bits per heavy atom. The maximum absolute atomic E-state index is 11.5. The summed E-state index contributed by atoms with van der Waals surface area (Å²) in [6, 6.07) is 3.83. The van der Waals surface area contributed by atoms with Crippen LogP contribution in [0.5, 0.6) is 0 Å². The Kier molecular flexibility index (Phi) is 2.81. The van der Waals surface area contributed by atoms with Gasteiger partial charge in [0.1, 0.15) is 5.69 Å². The third-order valence-electron chi connectivity index (χ3n) is 2.43. The van der Waals surface area contributed by atoms with Gasteiger partial charge in [-0.3, -0.25) is 19.7 Å². The molecule has 1 aliphatic heterocycles. The normalized spacial score (nSPS) is 15.5. The molecule has 1 aliphatic rings. The third-order valence-corrected chi connectivity index (χ3v) is 2.66. The van der Waals surface area contributed by atoms with Gasteiger partial charge in [0, 0.05) is 23.9 Å². The molecular formula is C10H7ClN2O4. The Morgan fingerprint density at radius 1 is 1.24 bits per heavy atom. The number of hydrogen-bond acceptors (Lipinski definition) is 4. The summed E-state index contributed by atoms with van der Waals surface area (Å²) >= 11 is 5.65. The lowest BCUT2D eigenvalue weighted by Crippen LogP contribution is -2.29. The van der Waals surface area contributed by atoms with E-state index in [2.05, 4.69) is 0 Å². The van der Waals surface area contributed by atoms with E-state index in [9.17, 15) is 19.7 Å². The molecule has 0 bridgehead atoms. The summed E-state index contributed by atoms with van der Waals surface area (Å²) in [4.78, 5) is 34.0. The van der Waals surface area contributed by atoms with E-state index < -0.39 is 16.7 Å². The summed E-state index contributed by atoms with van der Waals surface area (Å²) in [5.74, 6) is -0.860. The second-order valence-electron chi connectivity index (χ2n) is 3.51. The monoisotopic (exact) mass is 254 g/mol. The van der Waals surface area contributed by atoms with Crippen LogP contribution in [-0.2, 0) is 9.59 Å². The Labute approximate surface area is 101 Å². The molecule has 7 heteroatoms. The van der Waals surface area contributed by atoms with Crippen molar-refractivity contribution in [2.45, 2.75) is 12.8 Å². The van der Waals surface area contributed by atoms with E-state index in [0.717, 1.165) is 11.0 Å². The fourth-order valence-electron chi connectivity index (χ4n) is 1.68. The fourth-order valence-corrected chi connectivity index (χ4v) is 1.84. The van der Waals surface area contributed by atoms with Gasteiger partial charge in [-0.2, -0.15) is 0 Å². The van der Waals surface area contributed by atoms with E-state index in [1.54, 1.807) is 0 Å². The van der Waals surface area contributed by atoms with Gasteiger partial charge in [-0.15, -0.1) is 0 Å². The molecular weight excluding hydrogens is 248 g/mol. The summed E-state index contributed by atoms with van der Waals surface area (Å²) in [7, 11) is 0. The molecule has 6 nitrogen and oxygen atoms in total. The van der Waals surface area contributed by atoms with Crippen LogP contribution in [0.1, 0.15) is 12.8 Å². The van der Waals surface area contributed by atoms with E-state index in [1.165, 1.54) is 12.1 Å². The number of amides is 2. The number of rotatable bonds is 2. The largest absolute Gasteiger partial charge is 0.294 e. The lowest BCUT2D eigenvalue weighted by atomic mass is 10.2. The van der Waals surface area contributed by atoms with E-state index in [1.807, 2.05) is 0 Å². The SMILES string of the molecule is O=C1CCC(=O)N1c1ccc(Cl)cc1[N+](=O)[O-]. The highest BCUT2D eigenvalue weighted by molar-refractivity contribution is 6.31. The summed E-state index contributed by atoms with van der Waals surface area (Å²) in [6.07, 6.45) is 0.164. The smallest absolute Gasteiger partial charge is 0.274 e. The molecule has 1 aromatic carbocycles. The molecule has 2 rings (SSSR count). The summed E-state index contributed by atoms with van der Waals surface area (Å²) in [6.45, 7) is 0. The maximum atomic E-state index is 11.5. The van der Waals surface area contributed by atoms with E-state index >= 15 is 0 Å². The van der Waals surface area contributed by atoms with Crippen molar-refractivity contribution < 1.29 is 14.5 Å². The van der Waals surface area contributed by atoms with Gasteiger partial charge in [0.2, 0.25) is 11.8 Å². The van der Waals surface area contributed by atoms with Crippen molar-refractivity contribution in [3.8, 4) is 0 Å². The lowest BCUT2D eigenvalue weighted by molar-refractivity contribution is -0.384. The zero-order valence-corrected chi connectivity index (χ0v) is 9.31. The minimum atomic E-state index is -0.667. The molecule has 0 atom stereocenters. The summed E-state index contributed by atoms with van der Waals surface area (Å²) in [5.41, 5.74) is -0.368. The van der Waals surface area contributed by atoms with Crippen LogP contribution in [-0.4, -0.2) is 16.7 Å². The first-order valence-corrected chi connectivity index (χ1v) is 5.18. The fraction of sp³-hybridized carbons (Fsp3) is 0.200. The number of hydrogen-bond donors (Lipinski definition) is 0. The van der Waals surface area contributed by atoms with Gasteiger partial charge in [-0.05, 0) is 12.1 Å². The van der Waals surface area contributed by atoms with Crippen molar-refractivity contribution >= 4 is 34.8 Å². The predicted molar refractivity (Wildman–Crippen MR) is 59.8 cm³/mol. The van der Waals surface area contributed by atoms with E-state index in [4.69, 9.17) is 11.6 Å². The maximum Gasteiger partial charge on any atom is 0.294 e. The molecule has 0 radical (unpaired) electrons. The van der Waals surface area contributed by atoms with Crippen LogP contribution in [0.15, 0.2) is 18.2 Å². The molecule has 0 saturated carbocycles. The number of benzene rings is 1. The highest BCUT2D eigenvalue weighted by Crippen LogP contribution is 2.33. The molecule has 1 aromatic rings. The van der Waals surface area contributed by atoms with Crippen molar-refractivity contribution in [2.24, 2.45) is 0 Å². The number of imide groups is 1. The summed E-state index contributed by atoms with van der Waals surface area (Å²) in [5, 5.41) is 11.0. The minimum absolute atomic E-state index is 0.0214. The molecule has 1 fully saturated rings. The average molecular weight is 255 g/mol. The van der Waals surface area contributed by atoms with Gasteiger partial charge in [-0.1, -0.05) is 11.6 Å². The highest BCUT2D eigenvalue weighted by atomic mass is 35.5. The predicted octanol–water partition coefficient (Wildman–Crippen LogP) is 1.90. The molecule has 0 unspecified atom stereocenters. The molecule has 1 saturated heterocycles. The Balaban J connectivity index is 2.55. The quantitative estimate of drug-likeness (QED) is 0.459. The van der Waals surface area contributed by atoms with E-state index in [-0.39, 0.29) is 29.2 Å². The average Bonchev–Trinajstić information content (AvgIpc) is 2.59. The van der Waals surface area contributed by atoms with Crippen molar-refractivity contribution in [1.82, 2.24) is 0 Å². The molecule has 0 spiro atoms. The van der Waals surface area contributed by atoms with Gasteiger partial charge in [0.15, 0.2) is 0 Å². The van der Waals surface area contributed by atoms with Crippen LogP contribution in [0, 0.1) is 10.1 Å². The number of anilines is 1. The van der Waals surface area contributed by atoms with Gasteiger partial charge in [0.05, 0.1) is 4.92 Å². The molecule has 88 valence electrons. The first-order valence-electron chi connectivity index (χ1n) is 4.80. The van der Waals surface area contributed by atoms with Gasteiger partial charge in [0.25, 0.3) is 5.69 Å². The zero-order valence-electron chi connectivity index (χ0n) is 8.55. The van der Waals surface area contributed by atoms with Gasteiger partial charge < -0.3 is 0 Å². The second-order valence-corrected chi connectivity index (χ2v) is 3.95. The Hall–Kier alpha value is -1.95. The first-order chi connectivity index (χ1) is 8.00. The van der Waals surface area contributed by atoms with Crippen LogP contribution in [0.3, 0.4) is 0 Å². The number of nitrogens with zero attached hydrogens (tertiary/aromatic N) is 2. The number of nitro benzene ring substituents is 1. The van der Waals surface area contributed by atoms with Crippen molar-refractivity contribution in [3.63, 3.8) is 0 Å². The standard InChI is InChI=1S/C10H7ClN2O4/c11-6-1-2-7(8(5-6)13(16)17)12-9(14)3-4-10(12)15/h1-2,5H,3-4H2. The molecule has 1 heterocycles. The first kappa shape index (κ1) is 11.5. The van der Waals surface area contributed by atoms with E-state index in [0.29, 0.717) is 0 Å². The third kappa shape index (κ3) is 1.99. The van der Waals surface area contributed by atoms with Crippen LogP contribution < -0.4 is 4.90 Å². The summed E-state index contributed by atoms with van der Waals surface area (Å²) < 4.78 is 0. The van der Waals surface area contributed by atoms with Crippen LogP contribution >= 0.6 is 11.6 Å². The van der Waals surface area contributed by atoms with Crippen LogP contribution in [0.2, 0.25) is 5.02 Å². The van der Waals surface area contributed by atoms with Gasteiger partial charge >= 0.3 is 0 Å². The van der Waals surface area contributed by atoms with Gasteiger partial charge in [-0.25, -0.2) is 4.90 Å². The highest BCUT2D eigenvalue weighted by Gasteiger charge is 2.34. The molecule has 0 aliphatic carbocycles. The Morgan fingerprint density at radius 3 is 2.35 bits per heavy atom. The Bertz CT molecular complexity index is 513. The molecule has 0 N–H and O–H groups in total. The lowest BCUT2D eigenvalue weighted by Gasteiger charge is -2.13. The van der Waals surface area contributed by atoms with Crippen molar-refractivity contribution in [2.75, 3.05) is 4.90 Å². The minimum Gasteiger partial charge on any atom is -0.274 e. The molecule has 17 heavy (non-hydrogen) atoms. The van der Waals surface area contributed by atoms with Crippen LogP contribution in [0.4, 0.5) is 11.4 Å². The topological polar surface area (TPSA) is 80.5 Å². The zero-order chi connectivity index (χ0) is 12.6. The van der Waals surface area contributed by atoms with Crippen molar-refractivity contribution in [1.29, 1.82) is 0 Å². The number of carbonyl (C=O) groups is 2. The number of nitro groups is 1.